The molecule has 4 nitrogen and oxygen atoms in total. The third kappa shape index (κ3) is 4.10. The van der Waals surface area contributed by atoms with Crippen molar-refractivity contribution in [3.8, 4) is 0 Å². The number of hydrogen-bond donors (Lipinski definition) is 1. The fourth-order valence-corrected chi connectivity index (χ4v) is 2.96. The highest BCUT2D eigenvalue weighted by Gasteiger charge is 2.18. The Kier molecular flexibility index (Phi) is 5.19. The number of aromatic nitrogens is 1. The maximum Gasteiger partial charge on any atom is 0.242 e. The molecule has 0 bridgehead atoms. The summed E-state index contributed by atoms with van der Waals surface area (Å²) in [7, 11) is -3.58. The van der Waals surface area contributed by atoms with Crippen LogP contribution in [0.1, 0.15) is 26.7 Å². The van der Waals surface area contributed by atoms with Crippen LogP contribution in [0.15, 0.2) is 17.2 Å². The Hall–Kier alpha value is -0.360. The number of pyridine rings is 1. The minimum Gasteiger partial charge on any atom is -0.242 e. The van der Waals surface area contributed by atoms with Gasteiger partial charge >= 0.3 is 0 Å². The second-order valence-electron chi connectivity index (χ2n) is 3.75. The number of nitrogens with one attached hydrogen (secondary N) is 1. The molecule has 0 fully saturated rings. The molecule has 0 aliphatic carbocycles. The van der Waals surface area contributed by atoms with Crippen LogP contribution in [-0.2, 0) is 10.0 Å². The SMILES string of the molecule is CCCC(C)NS(=O)(=O)c1cnc(Cl)c(Cl)c1. The van der Waals surface area contributed by atoms with Gasteiger partial charge in [-0.25, -0.2) is 18.1 Å². The Bertz CT molecular complexity index is 491. The van der Waals surface area contributed by atoms with Crippen LogP contribution in [0.4, 0.5) is 0 Å². The highest BCUT2D eigenvalue weighted by atomic mass is 35.5. The fourth-order valence-electron chi connectivity index (χ4n) is 1.38. The van der Waals surface area contributed by atoms with Crippen LogP contribution in [-0.4, -0.2) is 19.4 Å². The third-order valence-electron chi connectivity index (χ3n) is 2.16. The van der Waals surface area contributed by atoms with Crippen LogP contribution in [0.25, 0.3) is 0 Å². The van der Waals surface area contributed by atoms with E-state index in [1.807, 2.05) is 13.8 Å². The van der Waals surface area contributed by atoms with Crippen LogP contribution >= 0.6 is 23.2 Å². The molecule has 0 amide bonds. The zero-order chi connectivity index (χ0) is 13.1. The summed E-state index contributed by atoms with van der Waals surface area (Å²) < 4.78 is 26.4. The summed E-state index contributed by atoms with van der Waals surface area (Å²) in [4.78, 5) is 3.74. The molecule has 0 spiro atoms. The maximum absolute atomic E-state index is 11.9. The molecule has 1 aromatic heterocycles. The molecule has 0 radical (unpaired) electrons. The molecule has 96 valence electrons. The third-order valence-corrected chi connectivity index (χ3v) is 4.40. The minimum atomic E-state index is -3.58. The van der Waals surface area contributed by atoms with E-state index < -0.39 is 10.0 Å². The van der Waals surface area contributed by atoms with Gasteiger partial charge in [0.2, 0.25) is 10.0 Å². The van der Waals surface area contributed by atoms with Gasteiger partial charge < -0.3 is 0 Å². The van der Waals surface area contributed by atoms with E-state index in [0.29, 0.717) is 0 Å². The van der Waals surface area contributed by atoms with Crippen molar-refractivity contribution in [3.05, 3.63) is 22.4 Å². The molecule has 0 aliphatic rings. The predicted molar refractivity (Wildman–Crippen MR) is 68.9 cm³/mol. The number of sulfonamides is 1. The van der Waals surface area contributed by atoms with E-state index in [1.54, 1.807) is 0 Å². The maximum atomic E-state index is 11.9. The molecule has 7 heteroatoms. The van der Waals surface area contributed by atoms with E-state index >= 15 is 0 Å². The van der Waals surface area contributed by atoms with E-state index in [4.69, 9.17) is 23.2 Å². The first kappa shape index (κ1) is 14.7. The highest BCUT2D eigenvalue weighted by molar-refractivity contribution is 7.89. The van der Waals surface area contributed by atoms with Crippen LogP contribution in [0.2, 0.25) is 10.2 Å². The van der Waals surface area contributed by atoms with Crippen molar-refractivity contribution in [1.82, 2.24) is 9.71 Å². The minimum absolute atomic E-state index is 0.0230. The van der Waals surface area contributed by atoms with Gasteiger partial charge in [0.15, 0.2) is 0 Å². The summed E-state index contributed by atoms with van der Waals surface area (Å²) in [6, 6.07) is 1.16. The largest absolute Gasteiger partial charge is 0.242 e. The Balaban J connectivity index is 2.93. The van der Waals surface area contributed by atoms with E-state index in [1.165, 1.54) is 12.3 Å². The van der Waals surface area contributed by atoms with Crippen LogP contribution < -0.4 is 4.72 Å². The first-order valence-electron chi connectivity index (χ1n) is 5.20. The van der Waals surface area contributed by atoms with Crippen molar-refractivity contribution in [2.75, 3.05) is 0 Å². The van der Waals surface area contributed by atoms with E-state index in [2.05, 4.69) is 9.71 Å². The Morgan fingerprint density at radius 1 is 1.47 bits per heavy atom. The van der Waals surface area contributed by atoms with Gasteiger partial charge in [-0.2, -0.15) is 0 Å². The molecule has 0 aromatic carbocycles. The van der Waals surface area contributed by atoms with Crippen molar-refractivity contribution >= 4 is 33.2 Å². The summed E-state index contributed by atoms with van der Waals surface area (Å²) in [6.45, 7) is 3.80. The fraction of sp³-hybridized carbons (Fsp3) is 0.500. The summed E-state index contributed by atoms with van der Waals surface area (Å²) in [5.74, 6) is 0. The smallest absolute Gasteiger partial charge is 0.242 e. The molecule has 17 heavy (non-hydrogen) atoms. The lowest BCUT2D eigenvalue weighted by atomic mass is 10.2. The van der Waals surface area contributed by atoms with E-state index in [-0.39, 0.29) is 21.1 Å². The normalized spacial score (nSPS) is 13.6. The Labute approximate surface area is 111 Å². The summed E-state index contributed by atoms with van der Waals surface area (Å²) >= 11 is 11.4. The van der Waals surface area contributed by atoms with Crippen LogP contribution in [0.5, 0.6) is 0 Å². The van der Waals surface area contributed by atoms with E-state index in [9.17, 15) is 8.42 Å². The quantitative estimate of drug-likeness (QED) is 0.850. The van der Waals surface area contributed by atoms with E-state index in [0.717, 1.165) is 12.8 Å². The monoisotopic (exact) mass is 296 g/mol. The van der Waals surface area contributed by atoms with Gasteiger partial charge in [0.25, 0.3) is 0 Å². The number of halogens is 2. The van der Waals surface area contributed by atoms with Gasteiger partial charge in [-0.15, -0.1) is 0 Å². The summed E-state index contributed by atoms with van der Waals surface area (Å²) in [5.41, 5.74) is 0. The average Bonchev–Trinajstić information content (AvgIpc) is 2.21. The van der Waals surface area contributed by atoms with Crippen molar-refractivity contribution in [3.63, 3.8) is 0 Å². The molecule has 1 unspecified atom stereocenters. The first-order valence-corrected chi connectivity index (χ1v) is 7.44. The van der Waals surface area contributed by atoms with Crippen molar-refractivity contribution in [2.24, 2.45) is 0 Å². The van der Waals surface area contributed by atoms with Gasteiger partial charge in [0, 0.05) is 12.2 Å². The topological polar surface area (TPSA) is 59.1 Å². The average molecular weight is 297 g/mol. The molecule has 0 saturated carbocycles. The lowest BCUT2D eigenvalue weighted by Gasteiger charge is -2.13. The number of hydrogen-bond acceptors (Lipinski definition) is 3. The van der Waals surface area contributed by atoms with Gasteiger partial charge in [-0.1, -0.05) is 36.5 Å². The summed E-state index contributed by atoms with van der Waals surface area (Å²) in [5, 5.41) is 0.213. The zero-order valence-corrected chi connectivity index (χ0v) is 11.9. The highest BCUT2D eigenvalue weighted by Crippen LogP contribution is 2.22. The standard InChI is InChI=1S/C10H14Cl2N2O2S/c1-3-4-7(2)14-17(15,16)8-5-9(11)10(12)13-6-8/h5-7,14H,3-4H2,1-2H3. The predicted octanol–water partition coefficient (Wildman–Crippen LogP) is 2.86. The Morgan fingerprint density at radius 2 is 2.12 bits per heavy atom. The summed E-state index contributed by atoms with van der Waals surface area (Å²) in [6.07, 6.45) is 2.87. The molecular formula is C10H14Cl2N2O2S. The van der Waals surface area contributed by atoms with Gasteiger partial charge in [0.05, 0.1) is 5.02 Å². The molecule has 0 saturated heterocycles. The molecule has 1 heterocycles. The lowest BCUT2D eigenvalue weighted by Crippen LogP contribution is -2.32. The molecule has 1 aromatic rings. The van der Waals surface area contributed by atoms with Crippen molar-refractivity contribution in [2.45, 2.75) is 37.6 Å². The second kappa shape index (κ2) is 6.00. The number of nitrogens with zero attached hydrogens (tertiary/aromatic N) is 1. The van der Waals surface area contributed by atoms with Crippen molar-refractivity contribution in [1.29, 1.82) is 0 Å². The molecule has 1 atom stereocenters. The van der Waals surface area contributed by atoms with Crippen LogP contribution in [0, 0.1) is 0 Å². The Morgan fingerprint density at radius 3 is 2.65 bits per heavy atom. The second-order valence-corrected chi connectivity index (χ2v) is 6.23. The van der Waals surface area contributed by atoms with Crippen molar-refractivity contribution < 1.29 is 8.42 Å². The number of rotatable bonds is 5. The van der Waals surface area contributed by atoms with Gasteiger partial charge in [0.1, 0.15) is 10.0 Å². The molecule has 1 rings (SSSR count). The van der Waals surface area contributed by atoms with Gasteiger partial charge in [-0.05, 0) is 19.4 Å². The van der Waals surface area contributed by atoms with Gasteiger partial charge in [-0.3, -0.25) is 0 Å². The molecule has 1 N–H and O–H groups in total. The van der Waals surface area contributed by atoms with Crippen LogP contribution in [0.3, 0.4) is 0 Å². The lowest BCUT2D eigenvalue weighted by molar-refractivity contribution is 0.543. The zero-order valence-electron chi connectivity index (χ0n) is 9.57. The first-order chi connectivity index (χ1) is 7.86. The molecular weight excluding hydrogens is 283 g/mol. The molecule has 0 aliphatic heterocycles.